The number of amides is 1. The van der Waals surface area contributed by atoms with Crippen LogP contribution >= 0.6 is 0 Å². The van der Waals surface area contributed by atoms with E-state index in [-0.39, 0.29) is 13.1 Å². The van der Waals surface area contributed by atoms with Gasteiger partial charge in [-0.15, -0.1) is 0 Å². The van der Waals surface area contributed by atoms with E-state index < -0.39 is 11.9 Å². The lowest BCUT2D eigenvalue weighted by Gasteiger charge is -2.24. The lowest BCUT2D eigenvalue weighted by molar-refractivity contribution is -0.137. The summed E-state index contributed by atoms with van der Waals surface area (Å²) in [6.45, 7) is 0.674. The summed E-state index contributed by atoms with van der Waals surface area (Å²) in [6, 6.07) is 12.7. The molecule has 0 unspecified atom stereocenters. The number of hydrogen-bond donors (Lipinski definition) is 1. The molecular formula is C20H21NO6. The molecular weight excluding hydrogens is 350 g/mol. The Bertz CT molecular complexity index is 803. The van der Waals surface area contributed by atoms with E-state index in [4.69, 9.17) is 14.2 Å². The number of benzene rings is 2. The number of carbonyl (C=O) groups is 2. The molecule has 1 aliphatic rings. The molecule has 2 aromatic carbocycles. The van der Waals surface area contributed by atoms with Crippen LogP contribution in [-0.4, -0.2) is 55.3 Å². The summed E-state index contributed by atoms with van der Waals surface area (Å²) in [5.74, 6) is -0.213. The highest BCUT2D eigenvalue weighted by atomic mass is 16.6. The van der Waals surface area contributed by atoms with Gasteiger partial charge in [-0.1, -0.05) is 30.3 Å². The van der Waals surface area contributed by atoms with Crippen molar-refractivity contribution >= 4 is 11.9 Å². The lowest BCUT2D eigenvalue weighted by atomic mass is 10.1. The molecule has 142 valence electrons. The first-order valence-electron chi connectivity index (χ1n) is 8.61. The first-order valence-corrected chi connectivity index (χ1v) is 8.61. The maximum absolute atomic E-state index is 13.0. The SMILES string of the molecule is COc1cc(C(=O)N(CCc2ccccc2)CC(=O)O)cc2c1OCCO2. The summed E-state index contributed by atoms with van der Waals surface area (Å²) in [6.07, 6.45) is 0.557. The number of methoxy groups -OCH3 is 1. The average molecular weight is 371 g/mol. The van der Waals surface area contributed by atoms with Crippen LogP contribution in [0.1, 0.15) is 15.9 Å². The number of rotatable bonds is 7. The molecule has 0 saturated carbocycles. The highest BCUT2D eigenvalue weighted by molar-refractivity contribution is 5.97. The van der Waals surface area contributed by atoms with Crippen LogP contribution in [0.25, 0.3) is 0 Å². The normalized spacial score (nSPS) is 12.3. The Morgan fingerprint density at radius 1 is 1.15 bits per heavy atom. The number of fused-ring (bicyclic) bond motifs is 1. The standard InChI is InChI=1S/C20H21NO6/c1-25-16-11-15(12-17-19(16)27-10-9-26-17)20(24)21(13-18(22)23)8-7-14-5-3-2-4-6-14/h2-6,11-12H,7-10,13H2,1H3,(H,22,23). The summed E-state index contributed by atoms with van der Waals surface area (Å²) in [5.41, 5.74) is 1.32. The molecule has 7 nitrogen and oxygen atoms in total. The van der Waals surface area contributed by atoms with E-state index in [2.05, 4.69) is 0 Å². The van der Waals surface area contributed by atoms with E-state index in [1.165, 1.54) is 12.0 Å². The van der Waals surface area contributed by atoms with Gasteiger partial charge in [-0.3, -0.25) is 9.59 Å². The number of hydrogen-bond acceptors (Lipinski definition) is 5. The minimum absolute atomic E-state index is 0.284. The Morgan fingerprint density at radius 3 is 2.59 bits per heavy atom. The van der Waals surface area contributed by atoms with Crippen LogP contribution in [0.2, 0.25) is 0 Å². The zero-order chi connectivity index (χ0) is 19.2. The van der Waals surface area contributed by atoms with Crippen molar-refractivity contribution in [2.45, 2.75) is 6.42 Å². The smallest absolute Gasteiger partial charge is 0.323 e. The fourth-order valence-corrected chi connectivity index (χ4v) is 2.90. The average Bonchev–Trinajstić information content (AvgIpc) is 2.70. The largest absolute Gasteiger partial charge is 0.493 e. The molecule has 0 saturated heterocycles. The van der Waals surface area contributed by atoms with E-state index in [0.29, 0.717) is 42.4 Å². The van der Waals surface area contributed by atoms with Crippen molar-refractivity contribution in [2.24, 2.45) is 0 Å². The Balaban J connectivity index is 1.83. The van der Waals surface area contributed by atoms with Crippen LogP contribution in [0.15, 0.2) is 42.5 Å². The molecule has 0 aromatic heterocycles. The van der Waals surface area contributed by atoms with Gasteiger partial charge >= 0.3 is 5.97 Å². The third-order valence-corrected chi connectivity index (χ3v) is 4.20. The zero-order valence-electron chi connectivity index (χ0n) is 15.0. The van der Waals surface area contributed by atoms with Crippen LogP contribution < -0.4 is 14.2 Å². The molecule has 1 amide bonds. The van der Waals surface area contributed by atoms with Gasteiger partial charge in [0.25, 0.3) is 5.91 Å². The predicted molar refractivity (Wildman–Crippen MR) is 97.7 cm³/mol. The Labute approximate surface area is 157 Å². The van der Waals surface area contributed by atoms with Crippen molar-refractivity contribution in [1.29, 1.82) is 0 Å². The van der Waals surface area contributed by atoms with E-state index in [1.807, 2.05) is 30.3 Å². The lowest BCUT2D eigenvalue weighted by Crippen LogP contribution is -2.37. The van der Waals surface area contributed by atoms with Crippen LogP contribution in [0.3, 0.4) is 0 Å². The monoisotopic (exact) mass is 371 g/mol. The van der Waals surface area contributed by atoms with Crippen molar-refractivity contribution in [3.05, 3.63) is 53.6 Å². The van der Waals surface area contributed by atoms with Crippen molar-refractivity contribution in [3.63, 3.8) is 0 Å². The molecule has 0 aliphatic carbocycles. The van der Waals surface area contributed by atoms with Gasteiger partial charge < -0.3 is 24.2 Å². The van der Waals surface area contributed by atoms with Crippen molar-refractivity contribution < 1.29 is 28.9 Å². The molecule has 0 spiro atoms. The van der Waals surface area contributed by atoms with Crippen LogP contribution in [-0.2, 0) is 11.2 Å². The number of aliphatic carboxylic acids is 1. The van der Waals surface area contributed by atoms with E-state index in [0.717, 1.165) is 5.56 Å². The minimum Gasteiger partial charge on any atom is -0.493 e. The number of nitrogens with zero attached hydrogens (tertiary/aromatic N) is 1. The van der Waals surface area contributed by atoms with Gasteiger partial charge in [0.1, 0.15) is 19.8 Å². The molecule has 0 bridgehead atoms. The molecule has 1 heterocycles. The molecule has 2 aromatic rings. The second-order valence-electron chi connectivity index (χ2n) is 6.06. The first kappa shape index (κ1) is 18.6. The second kappa shape index (κ2) is 8.44. The topological polar surface area (TPSA) is 85.3 Å². The zero-order valence-corrected chi connectivity index (χ0v) is 15.0. The van der Waals surface area contributed by atoms with E-state index >= 15 is 0 Å². The summed E-state index contributed by atoms with van der Waals surface area (Å²) in [5, 5.41) is 9.21. The Hall–Kier alpha value is -3.22. The molecule has 27 heavy (non-hydrogen) atoms. The molecule has 0 atom stereocenters. The molecule has 0 radical (unpaired) electrons. The molecule has 7 heteroatoms. The number of carboxylic acid groups (broad SMARTS) is 1. The van der Waals surface area contributed by atoms with Crippen LogP contribution in [0.4, 0.5) is 0 Å². The van der Waals surface area contributed by atoms with E-state index in [9.17, 15) is 14.7 Å². The van der Waals surface area contributed by atoms with Gasteiger partial charge in [-0.25, -0.2) is 0 Å². The Morgan fingerprint density at radius 2 is 1.89 bits per heavy atom. The number of carboxylic acids is 1. The summed E-state index contributed by atoms with van der Waals surface area (Å²) in [4.78, 5) is 25.5. The summed E-state index contributed by atoms with van der Waals surface area (Å²) < 4.78 is 16.4. The number of carbonyl (C=O) groups excluding carboxylic acids is 1. The minimum atomic E-state index is -1.07. The molecule has 3 rings (SSSR count). The second-order valence-corrected chi connectivity index (χ2v) is 6.06. The quantitative estimate of drug-likeness (QED) is 0.803. The fourth-order valence-electron chi connectivity index (χ4n) is 2.90. The molecule has 1 N–H and O–H groups in total. The maximum Gasteiger partial charge on any atom is 0.323 e. The maximum atomic E-state index is 13.0. The highest BCUT2D eigenvalue weighted by Gasteiger charge is 2.24. The first-order chi connectivity index (χ1) is 13.1. The van der Waals surface area contributed by atoms with Crippen LogP contribution in [0.5, 0.6) is 17.2 Å². The van der Waals surface area contributed by atoms with E-state index in [1.54, 1.807) is 12.1 Å². The third kappa shape index (κ3) is 4.49. The van der Waals surface area contributed by atoms with Crippen molar-refractivity contribution in [1.82, 2.24) is 4.90 Å². The molecule has 0 fully saturated rings. The predicted octanol–water partition coefficient (Wildman–Crippen LogP) is 2.24. The summed E-state index contributed by atoms with van der Waals surface area (Å²) >= 11 is 0. The van der Waals surface area contributed by atoms with Crippen molar-refractivity contribution in [2.75, 3.05) is 33.4 Å². The van der Waals surface area contributed by atoms with Crippen molar-refractivity contribution in [3.8, 4) is 17.2 Å². The molecule has 1 aliphatic heterocycles. The van der Waals surface area contributed by atoms with Gasteiger partial charge in [0.15, 0.2) is 11.5 Å². The fraction of sp³-hybridized carbons (Fsp3) is 0.300. The van der Waals surface area contributed by atoms with Crippen LogP contribution in [0, 0.1) is 0 Å². The Kier molecular flexibility index (Phi) is 5.80. The summed E-state index contributed by atoms with van der Waals surface area (Å²) in [7, 11) is 1.48. The number of ether oxygens (including phenoxy) is 3. The van der Waals surface area contributed by atoms with Gasteiger partial charge in [-0.2, -0.15) is 0 Å². The van der Waals surface area contributed by atoms with Gasteiger partial charge in [0, 0.05) is 12.1 Å². The highest BCUT2D eigenvalue weighted by Crippen LogP contribution is 2.40. The van der Waals surface area contributed by atoms with Gasteiger partial charge in [-0.05, 0) is 24.1 Å². The van der Waals surface area contributed by atoms with Gasteiger partial charge in [0.05, 0.1) is 7.11 Å². The van der Waals surface area contributed by atoms with Gasteiger partial charge in [0.2, 0.25) is 5.75 Å². The third-order valence-electron chi connectivity index (χ3n) is 4.20.